The molecule has 2 N–H and O–H groups in total. The molecule has 0 bridgehead atoms. The van der Waals surface area contributed by atoms with Gasteiger partial charge in [0.15, 0.2) is 0 Å². The first-order chi connectivity index (χ1) is 14.6. The van der Waals surface area contributed by atoms with Crippen molar-refractivity contribution in [3.63, 3.8) is 0 Å². The lowest BCUT2D eigenvalue weighted by Crippen LogP contribution is -2.42. The number of nitrogens with one attached hydrogen (secondary N) is 2. The fourth-order valence-electron chi connectivity index (χ4n) is 3.76. The molecule has 1 amide bonds. The predicted molar refractivity (Wildman–Crippen MR) is 121 cm³/mol. The van der Waals surface area contributed by atoms with E-state index in [1.807, 2.05) is 30.1 Å². The number of aromatic nitrogens is 2. The third kappa shape index (κ3) is 5.20. The molecule has 4 rings (SSSR count). The van der Waals surface area contributed by atoms with Gasteiger partial charge in [0, 0.05) is 66.4 Å². The molecule has 2 aromatic carbocycles. The van der Waals surface area contributed by atoms with Crippen molar-refractivity contribution in [1.29, 1.82) is 0 Å². The molecule has 7 heteroatoms. The van der Waals surface area contributed by atoms with Crippen LogP contribution in [0.2, 0.25) is 5.02 Å². The number of halogens is 1. The van der Waals surface area contributed by atoms with Crippen molar-refractivity contribution in [2.75, 3.05) is 23.3 Å². The number of hydrogen-bond donors (Lipinski definition) is 2. The number of anilines is 2. The van der Waals surface area contributed by atoms with Gasteiger partial charge in [-0.3, -0.25) is 9.48 Å². The molecule has 0 atom stereocenters. The van der Waals surface area contributed by atoms with E-state index in [4.69, 9.17) is 11.6 Å². The molecule has 6 nitrogen and oxygen atoms in total. The van der Waals surface area contributed by atoms with Crippen LogP contribution in [-0.2, 0) is 13.6 Å². The average Bonchev–Trinajstić information content (AvgIpc) is 3.18. The Morgan fingerprint density at radius 3 is 2.60 bits per heavy atom. The number of benzene rings is 2. The normalized spacial score (nSPS) is 14.7. The fourth-order valence-corrected chi connectivity index (χ4v) is 3.95. The van der Waals surface area contributed by atoms with E-state index in [1.54, 1.807) is 24.3 Å². The zero-order chi connectivity index (χ0) is 20.9. The quantitative estimate of drug-likeness (QED) is 0.627. The topological polar surface area (TPSA) is 62.2 Å². The molecule has 0 radical (unpaired) electrons. The molecule has 1 aliphatic heterocycles. The van der Waals surface area contributed by atoms with E-state index in [0.717, 1.165) is 38.2 Å². The van der Waals surface area contributed by atoms with E-state index in [-0.39, 0.29) is 5.91 Å². The zero-order valence-electron chi connectivity index (χ0n) is 17.0. The maximum absolute atomic E-state index is 12.4. The highest BCUT2D eigenvalue weighted by Gasteiger charge is 2.19. The van der Waals surface area contributed by atoms with Gasteiger partial charge in [-0.2, -0.15) is 5.10 Å². The van der Waals surface area contributed by atoms with E-state index in [2.05, 4.69) is 39.0 Å². The molecule has 0 aliphatic carbocycles. The van der Waals surface area contributed by atoms with E-state index in [9.17, 15) is 4.79 Å². The third-order valence-electron chi connectivity index (χ3n) is 5.43. The first kappa shape index (κ1) is 20.4. The van der Waals surface area contributed by atoms with Gasteiger partial charge in [-0.05, 0) is 55.3 Å². The Bertz CT molecular complexity index is 993. The molecule has 3 aromatic rings. The molecular formula is C23H26ClN5O. The van der Waals surface area contributed by atoms with Crippen molar-refractivity contribution >= 4 is 28.9 Å². The van der Waals surface area contributed by atoms with Crippen LogP contribution >= 0.6 is 11.6 Å². The summed E-state index contributed by atoms with van der Waals surface area (Å²) >= 11 is 5.97. The number of aryl methyl sites for hydroxylation is 1. The van der Waals surface area contributed by atoms with E-state index < -0.39 is 0 Å². The van der Waals surface area contributed by atoms with Crippen LogP contribution in [0.5, 0.6) is 0 Å². The minimum absolute atomic E-state index is 0.161. The molecule has 0 saturated carbocycles. The summed E-state index contributed by atoms with van der Waals surface area (Å²) < 4.78 is 1.83. The van der Waals surface area contributed by atoms with Crippen LogP contribution in [0.4, 0.5) is 11.4 Å². The van der Waals surface area contributed by atoms with Crippen LogP contribution in [0, 0.1) is 0 Å². The Hall–Kier alpha value is -2.83. The molecule has 1 aliphatic rings. The monoisotopic (exact) mass is 423 g/mol. The van der Waals surface area contributed by atoms with Crippen molar-refractivity contribution in [1.82, 2.24) is 15.1 Å². The molecule has 1 aromatic heterocycles. The fraction of sp³-hybridized carbons (Fsp3) is 0.304. The minimum atomic E-state index is -0.161. The van der Waals surface area contributed by atoms with Crippen molar-refractivity contribution in [2.24, 2.45) is 7.05 Å². The number of carbonyl (C=O) groups excluding carboxylic acids is 1. The summed E-state index contributed by atoms with van der Waals surface area (Å²) in [4.78, 5) is 14.8. The molecule has 2 heterocycles. The summed E-state index contributed by atoms with van der Waals surface area (Å²) in [6.45, 7) is 2.89. The first-order valence-corrected chi connectivity index (χ1v) is 10.6. The second kappa shape index (κ2) is 9.32. The highest BCUT2D eigenvalue weighted by Crippen LogP contribution is 2.23. The van der Waals surface area contributed by atoms with E-state index in [0.29, 0.717) is 16.6 Å². The smallest absolute Gasteiger partial charge is 0.255 e. The summed E-state index contributed by atoms with van der Waals surface area (Å²) in [6, 6.07) is 15.5. The highest BCUT2D eigenvalue weighted by atomic mass is 35.5. The highest BCUT2D eigenvalue weighted by molar-refractivity contribution is 6.31. The predicted octanol–water partition coefficient (Wildman–Crippen LogP) is 4.08. The standard InChI is InChI=1S/C23H26ClN5O/c1-28-16-17(15-26-28)14-25-20-9-11-29(12-10-20)22-7-5-21(6-8-22)27-23(30)18-3-2-4-19(24)13-18/h2-8,13,15-16,20,25H,9-12,14H2,1H3,(H,27,30). The number of nitrogens with zero attached hydrogens (tertiary/aromatic N) is 3. The summed E-state index contributed by atoms with van der Waals surface area (Å²) in [5, 5.41) is 11.3. The Morgan fingerprint density at radius 1 is 1.17 bits per heavy atom. The summed E-state index contributed by atoms with van der Waals surface area (Å²) in [6.07, 6.45) is 6.17. The largest absolute Gasteiger partial charge is 0.371 e. The number of carbonyl (C=O) groups is 1. The number of hydrogen-bond acceptors (Lipinski definition) is 4. The van der Waals surface area contributed by atoms with Gasteiger partial charge in [-0.25, -0.2) is 0 Å². The molecule has 0 spiro atoms. The summed E-state index contributed by atoms with van der Waals surface area (Å²) in [7, 11) is 1.94. The Kier molecular flexibility index (Phi) is 6.35. The zero-order valence-corrected chi connectivity index (χ0v) is 17.8. The number of piperidine rings is 1. The second-order valence-electron chi connectivity index (χ2n) is 7.68. The average molecular weight is 424 g/mol. The van der Waals surface area contributed by atoms with Gasteiger partial charge < -0.3 is 15.5 Å². The molecule has 30 heavy (non-hydrogen) atoms. The second-order valence-corrected chi connectivity index (χ2v) is 8.11. The molecule has 1 saturated heterocycles. The van der Waals surface area contributed by atoms with Crippen LogP contribution < -0.4 is 15.5 Å². The van der Waals surface area contributed by atoms with Gasteiger partial charge in [0.1, 0.15) is 0 Å². The van der Waals surface area contributed by atoms with E-state index >= 15 is 0 Å². The first-order valence-electron chi connectivity index (χ1n) is 10.2. The molecule has 156 valence electrons. The lowest BCUT2D eigenvalue weighted by Gasteiger charge is -2.34. The molecule has 1 fully saturated rings. The lowest BCUT2D eigenvalue weighted by molar-refractivity contribution is 0.102. The van der Waals surface area contributed by atoms with Gasteiger partial charge in [0.05, 0.1) is 6.20 Å². The molecular weight excluding hydrogens is 398 g/mol. The molecule has 0 unspecified atom stereocenters. The SMILES string of the molecule is Cn1cc(CNC2CCN(c3ccc(NC(=O)c4cccc(Cl)c4)cc3)CC2)cn1. The van der Waals surface area contributed by atoms with Crippen LogP contribution in [0.25, 0.3) is 0 Å². The lowest BCUT2D eigenvalue weighted by atomic mass is 10.0. The van der Waals surface area contributed by atoms with Crippen LogP contribution in [0.15, 0.2) is 60.9 Å². The minimum Gasteiger partial charge on any atom is -0.371 e. The van der Waals surface area contributed by atoms with Crippen LogP contribution in [0.1, 0.15) is 28.8 Å². The Balaban J connectivity index is 1.27. The van der Waals surface area contributed by atoms with Gasteiger partial charge in [0.2, 0.25) is 0 Å². The van der Waals surface area contributed by atoms with Gasteiger partial charge in [0.25, 0.3) is 5.91 Å². The Morgan fingerprint density at radius 2 is 1.93 bits per heavy atom. The van der Waals surface area contributed by atoms with Crippen molar-refractivity contribution in [3.8, 4) is 0 Å². The van der Waals surface area contributed by atoms with Gasteiger partial charge >= 0.3 is 0 Å². The van der Waals surface area contributed by atoms with Crippen molar-refractivity contribution in [2.45, 2.75) is 25.4 Å². The maximum Gasteiger partial charge on any atom is 0.255 e. The van der Waals surface area contributed by atoms with Crippen molar-refractivity contribution < 1.29 is 4.79 Å². The van der Waals surface area contributed by atoms with Crippen LogP contribution in [-0.4, -0.2) is 34.8 Å². The Labute approximate surface area is 181 Å². The van der Waals surface area contributed by atoms with Gasteiger partial charge in [-0.15, -0.1) is 0 Å². The number of amides is 1. The third-order valence-corrected chi connectivity index (χ3v) is 5.66. The van der Waals surface area contributed by atoms with Crippen molar-refractivity contribution in [3.05, 3.63) is 77.1 Å². The summed E-state index contributed by atoms with van der Waals surface area (Å²) in [5.41, 5.74) is 3.72. The maximum atomic E-state index is 12.4. The van der Waals surface area contributed by atoms with E-state index in [1.165, 1.54) is 11.3 Å². The summed E-state index contributed by atoms with van der Waals surface area (Å²) in [5.74, 6) is -0.161. The van der Waals surface area contributed by atoms with Gasteiger partial charge in [-0.1, -0.05) is 17.7 Å². The van der Waals surface area contributed by atoms with Crippen LogP contribution in [0.3, 0.4) is 0 Å². The number of rotatable bonds is 6.